The molecule has 1 aliphatic rings. The lowest BCUT2D eigenvalue weighted by Gasteiger charge is -2.12. The smallest absolute Gasteiger partial charge is 0.289 e. The molecule has 0 bridgehead atoms. The van der Waals surface area contributed by atoms with E-state index in [1.165, 1.54) is 11.1 Å². The Hall–Kier alpha value is -1.96. The third kappa shape index (κ3) is 2.83. The van der Waals surface area contributed by atoms with Gasteiger partial charge in [-0.2, -0.15) is 0 Å². The molecule has 124 valence electrons. The molecule has 1 saturated carbocycles. The van der Waals surface area contributed by atoms with Crippen molar-refractivity contribution in [2.45, 2.75) is 36.8 Å². The van der Waals surface area contributed by atoms with Gasteiger partial charge in [0.1, 0.15) is 5.52 Å². The summed E-state index contributed by atoms with van der Waals surface area (Å²) in [5.74, 6) is 0.167. The second-order valence-corrected chi connectivity index (χ2v) is 8.07. The van der Waals surface area contributed by atoms with Crippen LogP contribution in [-0.4, -0.2) is 49.5 Å². The van der Waals surface area contributed by atoms with Gasteiger partial charge in [-0.05, 0) is 18.8 Å². The molecule has 3 rings (SSSR count). The molecule has 7 nitrogen and oxygen atoms in total. The fourth-order valence-corrected chi connectivity index (χ4v) is 3.53. The lowest BCUT2D eigenvalue weighted by atomic mass is 9.96. The van der Waals surface area contributed by atoms with Crippen molar-refractivity contribution in [3.63, 3.8) is 0 Å². The molecule has 8 heteroatoms. The molecule has 1 fully saturated rings. The summed E-state index contributed by atoms with van der Waals surface area (Å²) in [7, 11) is -0.212. The lowest BCUT2D eigenvalue weighted by molar-refractivity contribution is 0.0797. The van der Waals surface area contributed by atoms with Gasteiger partial charge in [-0.15, -0.1) is 0 Å². The monoisotopic (exact) mass is 337 g/mol. The number of nitrogens with zero attached hydrogens (tertiary/aromatic N) is 3. The molecule has 0 aliphatic heterocycles. The van der Waals surface area contributed by atoms with E-state index in [2.05, 4.69) is 9.97 Å². The molecular formula is C15H19N3O4S. The largest absolute Gasteiger partial charge is 0.447 e. The Bertz CT molecular complexity index is 864. The molecule has 0 atom stereocenters. The van der Waals surface area contributed by atoms with Crippen LogP contribution in [-0.2, 0) is 9.84 Å². The molecule has 0 saturated heterocycles. The average molecular weight is 337 g/mol. The van der Waals surface area contributed by atoms with Gasteiger partial charge < -0.3 is 9.32 Å². The molecule has 0 aromatic carbocycles. The van der Waals surface area contributed by atoms with Crippen LogP contribution in [0.3, 0.4) is 0 Å². The van der Waals surface area contributed by atoms with Crippen LogP contribution < -0.4 is 0 Å². The van der Waals surface area contributed by atoms with Crippen molar-refractivity contribution in [3.8, 4) is 0 Å². The minimum atomic E-state index is -3.52. The second kappa shape index (κ2) is 5.59. The summed E-state index contributed by atoms with van der Waals surface area (Å²) in [5, 5.41) is -0.242. The normalized spacial score (nSPS) is 16.1. The zero-order valence-electron chi connectivity index (χ0n) is 13.4. The Balaban J connectivity index is 2.26. The van der Waals surface area contributed by atoms with E-state index in [1.54, 1.807) is 14.1 Å². The molecule has 2 aromatic heterocycles. The van der Waals surface area contributed by atoms with Crippen LogP contribution in [0.2, 0.25) is 0 Å². The van der Waals surface area contributed by atoms with Gasteiger partial charge in [0.05, 0.1) is 6.20 Å². The maximum absolute atomic E-state index is 12.4. The van der Waals surface area contributed by atoms with E-state index >= 15 is 0 Å². The lowest BCUT2D eigenvalue weighted by Crippen LogP contribution is -2.22. The Morgan fingerprint density at radius 1 is 1.30 bits per heavy atom. The summed E-state index contributed by atoms with van der Waals surface area (Å²) in [4.78, 5) is 21.9. The minimum Gasteiger partial charge on any atom is -0.447 e. The molecule has 23 heavy (non-hydrogen) atoms. The van der Waals surface area contributed by atoms with Crippen molar-refractivity contribution >= 4 is 26.8 Å². The van der Waals surface area contributed by atoms with Crippen molar-refractivity contribution < 1.29 is 17.6 Å². The summed E-state index contributed by atoms with van der Waals surface area (Å²) in [6.45, 7) is 0. The fraction of sp³-hybridized carbons (Fsp3) is 0.533. The van der Waals surface area contributed by atoms with Crippen molar-refractivity contribution in [2.75, 3.05) is 20.4 Å². The third-order valence-electron chi connectivity index (χ3n) is 4.14. The van der Waals surface area contributed by atoms with Gasteiger partial charge in [-0.1, -0.05) is 12.8 Å². The highest BCUT2D eigenvalue weighted by Crippen LogP contribution is 2.40. The Morgan fingerprint density at radius 3 is 2.52 bits per heavy atom. The van der Waals surface area contributed by atoms with Gasteiger partial charge in [-0.3, -0.25) is 4.79 Å². The predicted molar refractivity (Wildman–Crippen MR) is 84.1 cm³/mol. The molecule has 1 aliphatic carbocycles. The van der Waals surface area contributed by atoms with Crippen LogP contribution in [0, 0.1) is 0 Å². The van der Waals surface area contributed by atoms with E-state index in [9.17, 15) is 13.2 Å². The number of furan rings is 1. The van der Waals surface area contributed by atoms with Gasteiger partial charge in [-0.25, -0.2) is 18.4 Å². The number of aromatic nitrogens is 2. The molecule has 1 amide bonds. The van der Waals surface area contributed by atoms with Gasteiger partial charge in [0, 0.05) is 25.9 Å². The number of carbonyl (C=O) groups excluding carboxylic acids is 1. The molecule has 0 spiro atoms. The number of amides is 1. The molecule has 2 heterocycles. The fourth-order valence-electron chi connectivity index (χ4n) is 3.03. The van der Waals surface area contributed by atoms with Crippen molar-refractivity contribution in [1.29, 1.82) is 0 Å². The van der Waals surface area contributed by atoms with Gasteiger partial charge >= 0.3 is 0 Å². The standard InChI is InChI=1S/C15H19N3O4S/c1-18(2)14(19)13-11(9-6-4-5-7-9)12-10(22-13)8-16-15(17-12)23(3,20)21/h8-9H,4-7H2,1-3H3. The summed E-state index contributed by atoms with van der Waals surface area (Å²) in [5.41, 5.74) is 1.52. The molecular weight excluding hydrogens is 318 g/mol. The van der Waals surface area contributed by atoms with E-state index in [1.807, 2.05) is 0 Å². The number of fused-ring (bicyclic) bond motifs is 1. The zero-order valence-corrected chi connectivity index (χ0v) is 14.2. The first-order chi connectivity index (χ1) is 10.8. The predicted octanol–water partition coefficient (Wildman–Crippen LogP) is 1.99. The zero-order chi connectivity index (χ0) is 16.8. The third-order valence-corrected chi connectivity index (χ3v) is 5.00. The molecule has 2 aromatic rings. The van der Waals surface area contributed by atoms with E-state index < -0.39 is 9.84 Å². The molecule has 0 unspecified atom stereocenters. The first-order valence-corrected chi connectivity index (χ1v) is 9.39. The van der Waals surface area contributed by atoms with Crippen molar-refractivity contribution in [2.24, 2.45) is 0 Å². The molecule has 0 radical (unpaired) electrons. The first kappa shape index (κ1) is 15.9. The summed E-state index contributed by atoms with van der Waals surface area (Å²) < 4.78 is 29.1. The van der Waals surface area contributed by atoms with E-state index in [0.29, 0.717) is 11.1 Å². The van der Waals surface area contributed by atoms with Gasteiger partial charge in [0.15, 0.2) is 11.3 Å². The second-order valence-electron chi connectivity index (χ2n) is 6.16. The maximum atomic E-state index is 12.4. The highest BCUT2D eigenvalue weighted by molar-refractivity contribution is 7.90. The Kier molecular flexibility index (Phi) is 3.87. The number of hydrogen-bond acceptors (Lipinski definition) is 6. The summed E-state index contributed by atoms with van der Waals surface area (Å²) in [6.07, 6.45) is 6.45. The number of hydrogen-bond donors (Lipinski definition) is 0. The van der Waals surface area contributed by atoms with E-state index in [4.69, 9.17) is 4.42 Å². The van der Waals surface area contributed by atoms with Gasteiger partial charge in [0.2, 0.25) is 15.0 Å². The van der Waals surface area contributed by atoms with Gasteiger partial charge in [0.25, 0.3) is 5.91 Å². The first-order valence-electron chi connectivity index (χ1n) is 7.50. The van der Waals surface area contributed by atoms with Crippen LogP contribution in [0.5, 0.6) is 0 Å². The number of rotatable bonds is 3. The van der Waals surface area contributed by atoms with Crippen molar-refractivity contribution in [3.05, 3.63) is 17.5 Å². The van der Waals surface area contributed by atoms with E-state index in [-0.39, 0.29) is 22.7 Å². The number of carbonyl (C=O) groups is 1. The number of sulfone groups is 1. The van der Waals surface area contributed by atoms with Crippen LogP contribution >= 0.6 is 0 Å². The topological polar surface area (TPSA) is 93.4 Å². The summed E-state index contributed by atoms with van der Waals surface area (Å²) >= 11 is 0. The Morgan fingerprint density at radius 2 is 1.96 bits per heavy atom. The quantitative estimate of drug-likeness (QED) is 0.795. The SMILES string of the molecule is CN(C)C(=O)c1oc2cnc(S(C)(=O)=O)nc2c1C1CCCC1. The van der Waals surface area contributed by atoms with Crippen LogP contribution in [0.1, 0.15) is 47.7 Å². The Labute approximate surface area is 134 Å². The highest BCUT2D eigenvalue weighted by Gasteiger charge is 2.31. The summed E-state index contributed by atoms with van der Waals surface area (Å²) in [6, 6.07) is 0. The van der Waals surface area contributed by atoms with Crippen molar-refractivity contribution in [1.82, 2.24) is 14.9 Å². The highest BCUT2D eigenvalue weighted by atomic mass is 32.2. The van der Waals surface area contributed by atoms with E-state index in [0.717, 1.165) is 37.5 Å². The van der Waals surface area contributed by atoms with Crippen LogP contribution in [0.25, 0.3) is 11.1 Å². The minimum absolute atomic E-state index is 0.164. The average Bonchev–Trinajstić information content (AvgIpc) is 3.11. The maximum Gasteiger partial charge on any atom is 0.289 e. The van der Waals surface area contributed by atoms with Crippen LogP contribution in [0.4, 0.5) is 0 Å². The molecule has 0 N–H and O–H groups in total. The van der Waals surface area contributed by atoms with Crippen LogP contribution in [0.15, 0.2) is 15.8 Å².